The van der Waals surface area contributed by atoms with Crippen molar-refractivity contribution in [2.45, 2.75) is 31.8 Å². The SMILES string of the molecule is CCN(CC)Cc1ccccc1CNC(=O)c1ccc(S(C)=O)cc1. The minimum Gasteiger partial charge on any atom is -0.348 e. The maximum atomic E-state index is 12.3. The lowest BCUT2D eigenvalue weighted by Crippen LogP contribution is -2.26. The summed E-state index contributed by atoms with van der Waals surface area (Å²) < 4.78 is 11.4. The van der Waals surface area contributed by atoms with E-state index in [1.807, 2.05) is 12.1 Å². The summed E-state index contributed by atoms with van der Waals surface area (Å²) in [4.78, 5) is 15.4. The van der Waals surface area contributed by atoms with E-state index in [-0.39, 0.29) is 5.91 Å². The fraction of sp³-hybridized carbons (Fsp3) is 0.350. The van der Waals surface area contributed by atoms with Gasteiger partial charge in [-0.25, -0.2) is 0 Å². The largest absolute Gasteiger partial charge is 0.348 e. The fourth-order valence-corrected chi connectivity index (χ4v) is 3.17. The van der Waals surface area contributed by atoms with Gasteiger partial charge in [-0.3, -0.25) is 13.9 Å². The zero-order valence-electron chi connectivity index (χ0n) is 15.1. The van der Waals surface area contributed by atoms with E-state index in [1.54, 1.807) is 30.5 Å². The van der Waals surface area contributed by atoms with E-state index in [2.05, 4.69) is 36.2 Å². The number of amides is 1. The van der Waals surface area contributed by atoms with Crippen LogP contribution in [0.3, 0.4) is 0 Å². The number of carbonyl (C=O) groups is 1. The summed E-state index contributed by atoms with van der Waals surface area (Å²) in [5.74, 6) is -0.119. The van der Waals surface area contributed by atoms with Crippen LogP contribution in [0, 0.1) is 0 Å². The van der Waals surface area contributed by atoms with Crippen molar-refractivity contribution < 1.29 is 9.00 Å². The molecule has 5 heteroatoms. The Kier molecular flexibility index (Phi) is 7.34. The van der Waals surface area contributed by atoms with Gasteiger partial charge < -0.3 is 5.32 Å². The molecule has 2 rings (SSSR count). The second kappa shape index (κ2) is 9.49. The average Bonchev–Trinajstić information content (AvgIpc) is 2.65. The lowest BCUT2D eigenvalue weighted by atomic mass is 10.1. The van der Waals surface area contributed by atoms with E-state index in [0.29, 0.717) is 12.1 Å². The highest BCUT2D eigenvalue weighted by atomic mass is 32.2. The molecular formula is C20H26N2O2S. The number of rotatable bonds is 8. The molecule has 25 heavy (non-hydrogen) atoms. The van der Waals surface area contributed by atoms with Crippen molar-refractivity contribution in [2.75, 3.05) is 19.3 Å². The maximum absolute atomic E-state index is 12.3. The Morgan fingerprint density at radius 2 is 1.60 bits per heavy atom. The summed E-state index contributed by atoms with van der Waals surface area (Å²) in [5.41, 5.74) is 2.95. The zero-order valence-corrected chi connectivity index (χ0v) is 15.9. The second-order valence-electron chi connectivity index (χ2n) is 5.89. The van der Waals surface area contributed by atoms with Crippen molar-refractivity contribution in [3.63, 3.8) is 0 Å². The quantitative estimate of drug-likeness (QED) is 0.788. The van der Waals surface area contributed by atoms with Crippen molar-refractivity contribution in [2.24, 2.45) is 0 Å². The smallest absolute Gasteiger partial charge is 0.251 e. The zero-order chi connectivity index (χ0) is 18.2. The number of carbonyl (C=O) groups excluding carboxylic acids is 1. The van der Waals surface area contributed by atoms with E-state index in [1.165, 1.54) is 5.56 Å². The molecule has 0 aliphatic carbocycles. The molecule has 0 aliphatic heterocycles. The Morgan fingerprint density at radius 1 is 1.00 bits per heavy atom. The lowest BCUT2D eigenvalue weighted by Gasteiger charge is -2.20. The van der Waals surface area contributed by atoms with Crippen LogP contribution in [0.1, 0.15) is 35.3 Å². The van der Waals surface area contributed by atoms with Gasteiger partial charge in [0.15, 0.2) is 0 Å². The minimum absolute atomic E-state index is 0.119. The molecule has 0 saturated carbocycles. The first-order chi connectivity index (χ1) is 12.0. The van der Waals surface area contributed by atoms with Gasteiger partial charge in [0.2, 0.25) is 0 Å². The number of nitrogens with zero attached hydrogens (tertiary/aromatic N) is 1. The summed E-state index contributed by atoms with van der Waals surface area (Å²) in [6.45, 7) is 7.69. The monoisotopic (exact) mass is 358 g/mol. The van der Waals surface area contributed by atoms with Crippen molar-refractivity contribution in [3.05, 3.63) is 65.2 Å². The van der Waals surface area contributed by atoms with Crippen LogP contribution in [0.15, 0.2) is 53.4 Å². The number of hydrogen-bond donors (Lipinski definition) is 1. The molecule has 0 saturated heterocycles. The number of hydrogen-bond acceptors (Lipinski definition) is 3. The van der Waals surface area contributed by atoms with Crippen molar-refractivity contribution in [3.8, 4) is 0 Å². The molecule has 0 aliphatic rings. The first-order valence-electron chi connectivity index (χ1n) is 8.56. The molecule has 1 amide bonds. The highest BCUT2D eigenvalue weighted by Crippen LogP contribution is 2.13. The Morgan fingerprint density at radius 3 is 2.16 bits per heavy atom. The van der Waals surface area contributed by atoms with Gasteiger partial charge >= 0.3 is 0 Å². The van der Waals surface area contributed by atoms with E-state index in [9.17, 15) is 9.00 Å². The van der Waals surface area contributed by atoms with Crippen molar-refractivity contribution in [1.82, 2.24) is 10.2 Å². The predicted octanol–water partition coefficient (Wildman–Crippen LogP) is 3.20. The Hall–Kier alpha value is -1.98. The topological polar surface area (TPSA) is 49.4 Å². The normalized spacial score (nSPS) is 12.2. The van der Waals surface area contributed by atoms with Crippen LogP contribution in [0.5, 0.6) is 0 Å². The first kappa shape index (κ1) is 19.3. The lowest BCUT2D eigenvalue weighted by molar-refractivity contribution is 0.0950. The molecule has 0 aromatic heterocycles. The van der Waals surface area contributed by atoms with Gasteiger partial charge in [-0.1, -0.05) is 38.1 Å². The highest BCUT2D eigenvalue weighted by molar-refractivity contribution is 7.84. The molecule has 2 aromatic rings. The van der Waals surface area contributed by atoms with E-state index in [4.69, 9.17) is 0 Å². The molecular weight excluding hydrogens is 332 g/mol. The molecule has 0 fully saturated rings. The van der Waals surface area contributed by atoms with Crippen LogP contribution < -0.4 is 5.32 Å². The van der Waals surface area contributed by atoms with E-state index in [0.717, 1.165) is 30.1 Å². The molecule has 1 N–H and O–H groups in total. The van der Waals surface area contributed by atoms with Crippen LogP contribution in [0.4, 0.5) is 0 Å². The fourth-order valence-electron chi connectivity index (χ4n) is 2.65. The summed E-state index contributed by atoms with van der Waals surface area (Å²) in [5, 5.41) is 2.98. The maximum Gasteiger partial charge on any atom is 0.251 e. The van der Waals surface area contributed by atoms with Crippen LogP contribution >= 0.6 is 0 Å². The molecule has 134 valence electrons. The average molecular weight is 359 g/mol. The second-order valence-corrected chi connectivity index (χ2v) is 7.27. The third kappa shape index (κ3) is 5.51. The van der Waals surface area contributed by atoms with E-state index < -0.39 is 10.8 Å². The molecule has 4 nitrogen and oxygen atoms in total. The Balaban J connectivity index is 2.03. The highest BCUT2D eigenvalue weighted by Gasteiger charge is 2.09. The first-order valence-corrected chi connectivity index (χ1v) is 10.1. The van der Waals surface area contributed by atoms with Gasteiger partial charge in [0, 0.05) is 40.6 Å². The van der Waals surface area contributed by atoms with Gasteiger partial charge in [-0.2, -0.15) is 0 Å². The summed E-state index contributed by atoms with van der Waals surface area (Å²) in [6, 6.07) is 15.1. The third-order valence-corrected chi connectivity index (χ3v) is 5.23. The van der Waals surface area contributed by atoms with Gasteiger partial charge in [0.05, 0.1) is 0 Å². The Labute approximate surface area is 152 Å². The number of benzene rings is 2. The molecule has 0 heterocycles. The van der Waals surface area contributed by atoms with Crippen molar-refractivity contribution in [1.29, 1.82) is 0 Å². The molecule has 2 aromatic carbocycles. The molecule has 1 unspecified atom stereocenters. The van der Waals surface area contributed by atoms with Crippen LogP contribution in [-0.4, -0.2) is 34.4 Å². The van der Waals surface area contributed by atoms with Crippen LogP contribution in [0.25, 0.3) is 0 Å². The van der Waals surface area contributed by atoms with Gasteiger partial charge in [-0.05, 0) is 48.5 Å². The van der Waals surface area contributed by atoms with Crippen molar-refractivity contribution >= 4 is 16.7 Å². The van der Waals surface area contributed by atoms with E-state index >= 15 is 0 Å². The minimum atomic E-state index is -1.03. The Bertz CT molecular complexity index is 725. The third-order valence-electron chi connectivity index (χ3n) is 4.29. The standard InChI is InChI=1S/C20H26N2O2S/c1-4-22(5-2)15-18-9-7-6-8-17(18)14-21-20(23)16-10-12-19(13-11-16)25(3)24/h6-13H,4-5,14-15H2,1-3H3,(H,21,23). The molecule has 0 spiro atoms. The van der Waals surface area contributed by atoms with Gasteiger partial charge in [0.1, 0.15) is 0 Å². The van der Waals surface area contributed by atoms with Gasteiger partial charge in [0.25, 0.3) is 5.91 Å². The number of nitrogens with one attached hydrogen (secondary N) is 1. The van der Waals surface area contributed by atoms with Crippen LogP contribution in [-0.2, 0) is 23.9 Å². The summed E-state index contributed by atoms with van der Waals surface area (Å²) in [7, 11) is -1.03. The summed E-state index contributed by atoms with van der Waals surface area (Å²) >= 11 is 0. The predicted molar refractivity (Wildman–Crippen MR) is 103 cm³/mol. The molecule has 0 bridgehead atoms. The summed E-state index contributed by atoms with van der Waals surface area (Å²) in [6.07, 6.45) is 1.63. The van der Waals surface area contributed by atoms with Gasteiger partial charge in [-0.15, -0.1) is 0 Å². The molecule has 0 radical (unpaired) electrons. The molecule has 1 atom stereocenters. The van der Waals surface area contributed by atoms with Crippen LogP contribution in [0.2, 0.25) is 0 Å².